The Morgan fingerprint density at radius 2 is 1.86 bits per heavy atom. The van der Waals surface area contributed by atoms with E-state index in [4.69, 9.17) is 28.4 Å². The van der Waals surface area contributed by atoms with Crippen molar-refractivity contribution >= 4 is 5.97 Å². The molecule has 5 unspecified atom stereocenters. The number of phenols is 1. The van der Waals surface area contributed by atoms with Crippen molar-refractivity contribution in [1.82, 2.24) is 0 Å². The lowest BCUT2D eigenvalue weighted by Gasteiger charge is -2.43. The third-order valence-corrected chi connectivity index (χ3v) is 7.22. The van der Waals surface area contributed by atoms with Crippen molar-refractivity contribution in [2.45, 2.75) is 54.8 Å². The van der Waals surface area contributed by atoms with Gasteiger partial charge < -0.3 is 59.1 Å². The first-order valence-electron chi connectivity index (χ1n) is 11.4. The molecule has 198 valence electrons. The van der Waals surface area contributed by atoms with Gasteiger partial charge in [0.05, 0.1) is 37.6 Å². The van der Waals surface area contributed by atoms with Crippen LogP contribution in [-0.4, -0.2) is 112 Å². The van der Waals surface area contributed by atoms with Gasteiger partial charge in [-0.1, -0.05) is 0 Å². The van der Waals surface area contributed by atoms with Gasteiger partial charge in [-0.15, -0.1) is 0 Å². The first-order valence-corrected chi connectivity index (χ1v) is 11.4. The number of benzene rings is 1. The molecule has 0 radical (unpaired) electrons. The first kappa shape index (κ1) is 25.2. The van der Waals surface area contributed by atoms with E-state index in [0.29, 0.717) is 0 Å². The second kappa shape index (κ2) is 9.43. The molecule has 13 heteroatoms. The third-order valence-electron chi connectivity index (χ3n) is 7.22. The molecule has 6 N–H and O–H groups in total. The van der Waals surface area contributed by atoms with Crippen LogP contribution in [0.2, 0.25) is 0 Å². The molecule has 1 aromatic carbocycles. The van der Waals surface area contributed by atoms with Crippen molar-refractivity contribution in [2.75, 3.05) is 20.3 Å². The van der Waals surface area contributed by atoms with Gasteiger partial charge in [0.15, 0.2) is 17.8 Å². The molecule has 0 bridgehead atoms. The molecule has 4 aliphatic rings. The number of hydrogen-bond donors (Lipinski definition) is 6. The van der Waals surface area contributed by atoms with Crippen LogP contribution in [-0.2, 0) is 23.7 Å². The maximum Gasteiger partial charge on any atom is 0.338 e. The number of aromatic hydroxyl groups is 1. The second-order valence-electron chi connectivity index (χ2n) is 9.22. The number of ether oxygens (including phenoxy) is 6. The highest BCUT2D eigenvalue weighted by atomic mass is 16.8. The van der Waals surface area contributed by atoms with Crippen LogP contribution in [0.3, 0.4) is 0 Å². The van der Waals surface area contributed by atoms with Crippen molar-refractivity contribution in [2.24, 2.45) is 11.8 Å². The molecule has 1 aromatic rings. The zero-order valence-corrected chi connectivity index (χ0v) is 19.1. The summed E-state index contributed by atoms with van der Waals surface area (Å²) in [7, 11) is 1.35. The van der Waals surface area contributed by atoms with Gasteiger partial charge in [-0.3, -0.25) is 0 Å². The average Bonchev–Trinajstić information content (AvgIpc) is 3.57. The SMILES string of the molecule is COc1cc(C(=O)OC[C@@]23OC2C(O)C2C=COC(O[C@@H]4O[C@H](CO)[C@@H](O)[C@H](O)[C@H]4O)C23)ccc1O. The maximum absolute atomic E-state index is 12.7. The minimum absolute atomic E-state index is 0.0957. The van der Waals surface area contributed by atoms with Gasteiger partial charge in [0.2, 0.25) is 6.29 Å². The Hall–Kier alpha value is -2.49. The van der Waals surface area contributed by atoms with E-state index in [1.54, 1.807) is 6.08 Å². The zero-order valence-electron chi connectivity index (χ0n) is 19.1. The summed E-state index contributed by atoms with van der Waals surface area (Å²) in [6, 6.07) is 3.99. The molecule has 1 aliphatic carbocycles. The molecule has 5 rings (SSSR count). The third kappa shape index (κ3) is 4.01. The molecule has 13 nitrogen and oxygen atoms in total. The molecule has 3 fully saturated rings. The number of rotatable bonds is 7. The topological polar surface area (TPSA) is 197 Å². The van der Waals surface area contributed by atoms with Crippen molar-refractivity contribution in [3.8, 4) is 11.5 Å². The van der Waals surface area contributed by atoms with Gasteiger partial charge in [-0.25, -0.2) is 4.79 Å². The molecule has 2 saturated heterocycles. The van der Waals surface area contributed by atoms with Crippen LogP contribution in [0.15, 0.2) is 30.5 Å². The Kier molecular flexibility index (Phi) is 6.59. The van der Waals surface area contributed by atoms with Crippen molar-refractivity contribution < 1.29 is 63.9 Å². The van der Waals surface area contributed by atoms with E-state index < -0.39 is 79.2 Å². The molecule has 0 amide bonds. The summed E-state index contributed by atoms with van der Waals surface area (Å²) in [4.78, 5) is 12.7. The van der Waals surface area contributed by atoms with E-state index in [9.17, 15) is 35.4 Å². The number of methoxy groups -OCH3 is 1. The minimum Gasteiger partial charge on any atom is -0.504 e. The minimum atomic E-state index is -1.66. The lowest BCUT2D eigenvalue weighted by molar-refractivity contribution is -0.344. The molecule has 11 atom stereocenters. The van der Waals surface area contributed by atoms with E-state index >= 15 is 0 Å². The smallest absolute Gasteiger partial charge is 0.338 e. The fourth-order valence-electron chi connectivity index (χ4n) is 5.22. The number of carbonyl (C=O) groups is 1. The summed E-state index contributed by atoms with van der Waals surface area (Å²) < 4.78 is 33.1. The van der Waals surface area contributed by atoms with Crippen molar-refractivity contribution in [3.63, 3.8) is 0 Å². The molecule has 3 heterocycles. The summed E-state index contributed by atoms with van der Waals surface area (Å²) in [5.74, 6) is -1.96. The van der Waals surface area contributed by atoms with Crippen LogP contribution < -0.4 is 4.74 Å². The predicted octanol–water partition coefficient (Wildman–Crippen LogP) is -2.01. The van der Waals surface area contributed by atoms with E-state index in [1.165, 1.54) is 31.6 Å². The van der Waals surface area contributed by atoms with Crippen molar-refractivity contribution in [3.05, 3.63) is 36.1 Å². The van der Waals surface area contributed by atoms with Gasteiger partial charge in [0.1, 0.15) is 42.7 Å². The number of esters is 1. The lowest BCUT2D eigenvalue weighted by atomic mass is 9.85. The van der Waals surface area contributed by atoms with E-state index in [0.717, 1.165) is 0 Å². The predicted molar refractivity (Wildman–Crippen MR) is 114 cm³/mol. The summed E-state index contributed by atoms with van der Waals surface area (Å²) in [5, 5.41) is 60.4. The highest BCUT2D eigenvalue weighted by molar-refractivity contribution is 5.90. The lowest BCUT2D eigenvalue weighted by Crippen LogP contribution is -2.60. The van der Waals surface area contributed by atoms with E-state index in [2.05, 4.69) is 0 Å². The largest absolute Gasteiger partial charge is 0.504 e. The van der Waals surface area contributed by atoms with E-state index in [1.807, 2.05) is 0 Å². The van der Waals surface area contributed by atoms with Crippen LogP contribution in [0.5, 0.6) is 11.5 Å². The fraction of sp³-hybridized carbons (Fsp3) is 0.609. The number of aliphatic hydroxyl groups is 5. The first-order chi connectivity index (χ1) is 17.2. The monoisotopic (exact) mass is 512 g/mol. The molecule has 3 aliphatic heterocycles. The second-order valence-corrected chi connectivity index (χ2v) is 9.22. The summed E-state index contributed by atoms with van der Waals surface area (Å²) >= 11 is 0. The molecular weight excluding hydrogens is 484 g/mol. The van der Waals surface area contributed by atoms with Gasteiger partial charge in [0, 0.05) is 5.92 Å². The van der Waals surface area contributed by atoms with Crippen LogP contribution in [0.25, 0.3) is 0 Å². The van der Waals surface area contributed by atoms with Crippen LogP contribution in [0.1, 0.15) is 10.4 Å². The maximum atomic E-state index is 12.7. The van der Waals surface area contributed by atoms with Gasteiger partial charge in [-0.2, -0.15) is 0 Å². The Balaban J connectivity index is 1.32. The molecular formula is C23H28O13. The summed E-state index contributed by atoms with van der Waals surface area (Å²) in [5.41, 5.74) is -1.04. The van der Waals surface area contributed by atoms with Crippen LogP contribution in [0.4, 0.5) is 0 Å². The van der Waals surface area contributed by atoms with Gasteiger partial charge in [-0.05, 0) is 24.3 Å². The van der Waals surface area contributed by atoms with E-state index in [-0.39, 0.29) is 23.7 Å². The number of fused-ring (bicyclic) bond motifs is 3. The fourth-order valence-corrected chi connectivity index (χ4v) is 5.22. The standard InChI is InChI=1S/C23H28O13/c1-31-12-6-9(2-3-11(12)25)20(30)33-8-23-14-10(15(26)19(23)36-23)4-5-32-21(14)35-22-18(29)17(28)16(27)13(7-24)34-22/h2-6,10,13-19,21-22,24-29H,7-8H2,1H3/t10?,13-,14?,15?,16-,17+,18-,19?,21?,22+,23+/m1/s1. The van der Waals surface area contributed by atoms with Crippen LogP contribution in [0, 0.1) is 11.8 Å². The number of phenolic OH excluding ortho intramolecular Hbond substituents is 1. The summed E-state index contributed by atoms with van der Waals surface area (Å²) in [6.07, 6.45) is -7.35. The quantitative estimate of drug-likeness (QED) is 0.173. The summed E-state index contributed by atoms with van der Waals surface area (Å²) in [6.45, 7) is -0.891. The van der Waals surface area contributed by atoms with Crippen LogP contribution >= 0.6 is 0 Å². The zero-order chi connectivity index (χ0) is 25.8. The number of aliphatic hydroxyl groups excluding tert-OH is 5. The molecule has 1 saturated carbocycles. The van der Waals surface area contributed by atoms with Gasteiger partial charge >= 0.3 is 5.97 Å². The highest BCUT2D eigenvalue weighted by Crippen LogP contribution is 2.60. The average molecular weight is 512 g/mol. The Labute approximate surface area is 205 Å². The number of hydrogen-bond acceptors (Lipinski definition) is 13. The number of carbonyl (C=O) groups excluding carboxylic acids is 1. The Morgan fingerprint density at radius 3 is 2.58 bits per heavy atom. The highest BCUT2D eigenvalue weighted by Gasteiger charge is 2.76. The number of epoxide rings is 1. The van der Waals surface area contributed by atoms with Crippen molar-refractivity contribution in [1.29, 1.82) is 0 Å². The molecule has 0 aromatic heterocycles. The molecule has 36 heavy (non-hydrogen) atoms. The normalized spacial score (nSPS) is 42.7. The van der Waals surface area contributed by atoms with Gasteiger partial charge in [0.25, 0.3) is 0 Å². The Morgan fingerprint density at radius 1 is 1.08 bits per heavy atom. The molecule has 0 spiro atoms. The Bertz CT molecular complexity index is 1010.